The summed E-state index contributed by atoms with van der Waals surface area (Å²) in [5.41, 5.74) is 0.968. The Hall–Kier alpha value is -0.940. The van der Waals surface area contributed by atoms with Crippen LogP contribution in [0.15, 0.2) is 5.38 Å². The molecule has 16 heavy (non-hydrogen) atoms. The van der Waals surface area contributed by atoms with Crippen LogP contribution in [0, 0.1) is 0 Å². The van der Waals surface area contributed by atoms with E-state index < -0.39 is 0 Å². The number of methoxy groups -OCH3 is 1. The van der Waals surface area contributed by atoms with Crippen molar-refractivity contribution in [3.8, 4) is 0 Å². The number of esters is 1. The molecule has 5 heteroatoms. The number of nitrogens with one attached hydrogen (secondary N) is 1. The van der Waals surface area contributed by atoms with E-state index in [2.05, 4.69) is 28.9 Å². The molecule has 0 aliphatic carbocycles. The average molecular weight is 242 g/mol. The molecule has 4 nitrogen and oxygen atoms in total. The second kappa shape index (κ2) is 6.60. The average Bonchev–Trinajstić information content (AvgIpc) is 2.71. The Labute approximate surface area is 100 Å². The molecular weight excluding hydrogens is 224 g/mol. The quantitative estimate of drug-likeness (QED) is 0.772. The molecule has 1 rings (SSSR count). The fourth-order valence-electron chi connectivity index (χ4n) is 1.17. The van der Waals surface area contributed by atoms with E-state index in [0.29, 0.717) is 18.9 Å². The maximum absolute atomic E-state index is 10.9. The van der Waals surface area contributed by atoms with E-state index in [4.69, 9.17) is 0 Å². The van der Waals surface area contributed by atoms with Gasteiger partial charge in [0, 0.05) is 24.4 Å². The summed E-state index contributed by atoms with van der Waals surface area (Å²) in [6.45, 7) is 5.00. The zero-order valence-corrected chi connectivity index (χ0v) is 10.8. The SMILES string of the molecule is COC(=O)CCc1csc(CNC(C)C)n1. The predicted octanol–water partition coefficient (Wildman–Crippen LogP) is 1.75. The van der Waals surface area contributed by atoms with E-state index in [1.165, 1.54) is 7.11 Å². The molecule has 1 aromatic heterocycles. The first-order valence-electron chi connectivity index (χ1n) is 5.35. The van der Waals surface area contributed by atoms with Gasteiger partial charge >= 0.3 is 5.97 Å². The molecule has 0 atom stereocenters. The van der Waals surface area contributed by atoms with E-state index in [0.717, 1.165) is 17.2 Å². The molecule has 0 radical (unpaired) electrons. The van der Waals surface area contributed by atoms with Crippen molar-refractivity contribution in [2.75, 3.05) is 7.11 Å². The number of aryl methyl sites for hydroxylation is 1. The third-order valence-corrected chi connectivity index (χ3v) is 2.97. The maximum atomic E-state index is 10.9. The van der Waals surface area contributed by atoms with Crippen LogP contribution in [0.3, 0.4) is 0 Å². The lowest BCUT2D eigenvalue weighted by molar-refractivity contribution is -0.140. The first kappa shape index (κ1) is 13.1. The molecule has 90 valence electrons. The molecule has 1 heterocycles. The van der Waals surface area contributed by atoms with Crippen LogP contribution in [0.4, 0.5) is 0 Å². The highest BCUT2D eigenvalue weighted by molar-refractivity contribution is 7.09. The van der Waals surface area contributed by atoms with E-state index in [9.17, 15) is 4.79 Å². The Kier molecular flexibility index (Phi) is 5.42. The Morgan fingerprint density at radius 2 is 2.38 bits per heavy atom. The summed E-state index contributed by atoms with van der Waals surface area (Å²) in [7, 11) is 1.40. The van der Waals surface area contributed by atoms with Gasteiger partial charge in [0.1, 0.15) is 5.01 Å². The Morgan fingerprint density at radius 1 is 1.62 bits per heavy atom. The number of carbonyl (C=O) groups is 1. The van der Waals surface area contributed by atoms with E-state index >= 15 is 0 Å². The topological polar surface area (TPSA) is 51.2 Å². The van der Waals surface area contributed by atoms with Crippen LogP contribution in [0.1, 0.15) is 31.0 Å². The summed E-state index contributed by atoms with van der Waals surface area (Å²) >= 11 is 1.63. The van der Waals surface area contributed by atoms with Crippen LogP contribution in [-0.2, 0) is 22.5 Å². The number of thiazole rings is 1. The Bertz CT molecular complexity index is 336. The highest BCUT2D eigenvalue weighted by Crippen LogP contribution is 2.11. The van der Waals surface area contributed by atoms with Crippen molar-refractivity contribution in [1.82, 2.24) is 10.3 Å². The molecule has 0 saturated heterocycles. The van der Waals surface area contributed by atoms with Crippen molar-refractivity contribution in [1.29, 1.82) is 0 Å². The Balaban J connectivity index is 2.36. The van der Waals surface area contributed by atoms with Gasteiger partial charge < -0.3 is 10.1 Å². The lowest BCUT2D eigenvalue weighted by Crippen LogP contribution is -2.21. The molecule has 0 amide bonds. The third-order valence-electron chi connectivity index (χ3n) is 2.07. The fraction of sp³-hybridized carbons (Fsp3) is 0.636. The first-order chi connectivity index (χ1) is 7.61. The smallest absolute Gasteiger partial charge is 0.305 e. The standard InChI is InChI=1S/C11H18N2O2S/c1-8(2)12-6-10-13-9(7-16-10)4-5-11(14)15-3/h7-8,12H,4-6H2,1-3H3. The van der Waals surface area contributed by atoms with Crippen molar-refractivity contribution in [2.24, 2.45) is 0 Å². The summed E-state index contributed by atoms with van der Waals surface area (Å²) in [6, 6.07) is 0.461. The van der Waals surface area contributed by atoms with E-state index in [1.54, 1.807) is 11.3 Å². The molecule has 0 bridgehead atoms. The van der Waals surface area contributed by atoms with Crippen LogP contribution in [0.5, 0.6) is 0 Å². The van der Waals surface area contributed by atoms with Crippen molar-refractivity contribution in [3.63, 3.8) is 0 Å². The van der Waals surface area contributed by atoms with Crippen LogP contribution < -0.4 is 5.32 Å². The van der Waals surface area contributed by atoms with Crippen LogP contribution in [0.25, 0.3) is 0 Å². The monoisotopic (exact) mass is 242 g/mol. The van der Waals surface area contributed by atoms with Gasteiger partial charge in [-0.3, -0.25) is 4.79 Å². The summed E-state index contributed by atoms with van der Waals surface area (Å²) in [4.78, 5) is 15.4. The van der Waals surface area contributed by atoms with Crippen LogP contribution in [0.2, 0.25) is 0 Å². The number of hydrogen-bond donors (Lipinski definition) is 1. The lowest BCUT2D eigenvalue weighted by Gasteiger charge is -2.04. The van der Waals surface area contributed by atoms with Crippen molar-refractivity contribution < 1.29 is 9.53 Å². The molecule has 0 aliphatic rings. The first-order valence-corrected chi connectivity index (χ1v) is 6.23. The highest BCUT2D eigenvalue weighted by Gasteiger charge is 2.05. The minimum absolute atomic E-state index is 0.185. The van der Waals surface area contributed by atoms with Gasteiger partial charge in [0.25, 0.3) is 0 Å². The summed E-state index contributed by atoms with van der Waals surface area (Å²) in [5.74, 6) is -0.185. The number of ether oxygens (including phenoxy) is 1. The fourth-order valence-corrected chi connectivity index (χ4v) is 1.95. The van der Waals surface area contributed by atoms with E-state index in [1.807, 2.05) is 5.38 Å². The van der Waals surface area contributed by atoms with Crippen molar-refractivity contribution >= 4 is 17.3 Å². The predicted molar refractivity (Wildman–Crippen MR) is 64.4 cm³/mol. The molecule has 1 aromatic rings. The zero-order valence-electron chi connectivity index (χ0n) is 9.95. The molecule has 0 saturated carbocycles. The van der Waals surface area contributed by atoms with Gasteiger partial charge in [0.15, 0.2) is 0 Å². The number of carbonyl (C=O) groups excluding carboxylic acids is 1. The second-order valence-corrected chi connectivity index (χ2v) is 4.79. The van der Waals surface area contributed by atoms with Crippen molar-refractivity contribution in [3.05, 3.63) is 16.1 Å². The number of rotatable bonds is 6. The van der Waals surface area contributed by atoms with Gasteiger partial charge in [-0.2, -0.15) is 0 Å². The van der Waals surface area contributed by atoms with Gasteiger partial charge in [0.05, 0.1) is 19.2 Å². The van der Waals surface area contributed by atoms with E-state index in [-0.39, 0.29) is 5.97 Å². The molecule has 0 aliphatic heterocycles. The lowest BCUT2D eigenvalue weighted by atomic mass is 10.2. The second-order valence-electron chi connectivity index (χ2n) is 3.84. The molecule has 1 N–H and O–H groups in total. The molecule has 0 unspecified atom stereocenters. The zero-order chi connectivity index (χ0) is 12.0. The van der Waals surface area contributed by atoms with Crippen LogP contribution >= 0.6 is 11.3 Å². The molecule has 0 aromatic carbocycles. The summed E-state index contributed by atoms with van der Waals surface area (Å²) < 4.78 is 4.58. The van der Waals surface area contributed by atoms with Gasteiger partial charge in [-0.25, -0.2) is 4.98 Å². The van der Waals surface area contributed by atoms with Crippen molar-refractivity contribution in [2.45, 2.75) is 39.3 Å². The molecular formula is C11H18N2O2S. The summed E-state index contributed by atoms with van der Waals surface area (Å²) in [6.07, 6.45) is 1.06. The minimum Gasteiger partial charge on any atom is -0.469 e. The largest absolute Gasteiger partial charge is 0.469 e. The van der Waals surface area contributed by atoms with Crippen LogP contribution in [-0.4, -0.2) is 24.1 Å². The number of hydrogen-bond acceptors (Lipinski definition) is 5. The van der Waals surface area contributed by atoms with Gasteiger partial charge in [-0.15, -0.1) is 11.3 Å². The molecule has 0 spiro atoms. The third kappa shape index (κ3) is 4.72. The highest BCUT2D eigenvalue weighted by atomic mass is 32.1. The maximum Gasteiger partial charge on any atom is 0.305 e. The van der Waals surface area contributed by atoms with Gasteiger partial charge in [-0.05, 0) is 0 Å². The van der Waals surface area contributed by atoms with Gasteiger partial charge in [0.2, 0.25) is 0 Å². The van der Waals surface area contributed by atoms with Gasteiger partial charge in [-0.1, -0.05) is 13.8 Å². The minimum atomic E-state index is -0.185. The molecule has 0 fully saturated rings. The Morgan fingerprint density at radius 3 is 3.00 bits per heavy atom. The number of aromatic nitrogens is 1. The number of nitrogens with zero attached hydrogens (tertiary/aromatic N) is 1. The summed E-state index contributed by atoms with van der Waals surface area (Å²) in [5, 5.41) is 6.37. The normalized spacial score (nSPS) is 10.8.